The van der Waals surface area contributed by atoms with Gasteiger partial charge in [-0.25, -0.2) is 0 Å². The van der Waals surface area contributed by atoms with Crippen LogP contribution in [0.15, 0.2) is 29.3 Å². The predicted octanol–water partition coefficient (Wildman–Crippen LogP) is -3.09. The highest BCUT2D eigenvalue weighted by atomic mass is 16.4. The molecule has 0 spiro atoms. The van der Waals surface area contributed by atoms with E-state index in [-0.39, 0.29) is 13.0 Å². The molecule has 10 N–H and O–H groups in total. The molecule has 0 aliphatic rings. The van der Waals surface area contributed by atoms with Crippen molar-refractivity contribution in [1.82, 2.24) is 10.6 Å². The number of aliphatic hydroxyl groups is 5. The zero-order valence-electron chi connectivity index (χ0n) is 20.6. The Balaban J connectivity index is 2.72. The average molecular weight is 526 g/mol. The van der Waals surface area contributed by atoms with Gasteiger partial charge in [0.05, 0.1) is 19.1 Å². The number of benzene rings is 1. The van der Waals surface area contributed by atoms with E-state index < -0.39 is 73.1 Å². The Morgan fingerprint density at radius 2 is 1.59 bits per heavy atom. The highest BCUT2D eigenvalue weighted by molar-refractivity contribution is 6.00. The Hall–Kier alpha value is -3.43. The first-order chi connectivity index (χ1) is 17.4. The van der Waals surface area contributed by atoms with Gasteiger partial charge >= 0.3 is 0 Å². The molecular weight excluding hydrogens is 490 g/mol. The lowest BCUT2D eigenvalue weighted by Crippen LogP contribution is -2.53. The average Bonchev–Trinajstić information content (AvgIpc) is 2.86. The molecule has 4 amide bonds. The Kier molecular flexibility index (Phi) is 13.4. The van der Waals surface area contributed by atoms with Gasteiger partial charge in [-0.05, 0) is 38.0 Å². The van der Waals surface area contributed by atoms with E-state index in [1.807, 2.05) is 0 Å². The first-order valence-electron chi connectivity index (χ1n) is 11.5. The lowest BCUT2D eigenvalue weighted by atomic mass is 10.1. The maximum atomic E-state index is 12.6. The molecule has 1 rings (SSSR count). The fraction of sp³-hybridized carbons (Fsp3) is 0.522. The van der Waals surface area contributed by atoms with Crippen molar-refractivity contribution < 1.29 is 44.7 Å². The lowest BCUT2D eigenvalue weighted by molar-refractivity contribution is -0.131. The second-order valence-electron chi connectivity index (χ2n) is 8.34. The number of primary amides is 1. The minimum absolute atomic E-state index is 0.167. The number of carbonyl (C=O) groups is 4. The Morgan fingerprint density at radius 3 is 2.14 bits per heavy atom. The molecule has 37 heavy (non-hydrogen) atoms. The van der Waals surface area contributed by atoms with Crippen LogP contribution >= 0.6 is 0 Å². The van der Waals surface area contributed by atoms with Gasteiger partial charge in [-0.3, -0.25) is 24.2 Å². The van der Waals surface area contributed by atoms with Gasteiger partial charge in [0.25, 0.3) is 0 Å². The number of aliphatic imine (C=N–C) groups is 1. The number of nitrogens with two attached hydrogens (primary N) is 1. The van der Waals surface area contributed by atoms with Gasteiger partial charge in [-0.2, -0.15) is 0 Å². The molecule has 1 aromatic carbocycles. The molecule has 0 bridgehead atoms. The van der Waals surface area contributed by atoms with Crippen molar-refractivity contribution in [1.29, 1.82) is 0 Å². The van der Waals surface area contributed by atoms with E-state index in [4.69, 9.17) is 15.9 Å². The summed E-state index contributed by atoms with van der Waals surface area (Å²) in [6, 6.07) is 2.63. The summed E-state index contributed by atoms with van der Waals surface area (Å²) in [5, 5.41) is 54.3. The van der Waals surface area contributed by atoms with Crippen LogP contribution < -0.4 is 21.7 Å². The Bertz CT molecular complexity index is 941. The second-order valence-corrected chi connectivity index (χ2v) is 8.34. The topological polar surface area (TPSA) is 244 Å². The lowest BCUT2D eigenvalue weighted by Gasteiger charge is -2.21. The van der Waals surface area contributed by atoms with Crippen LogP contribution in [-0.4, -0.2) is 98.4 Å². The molecule has 0 saturated carbocycles. The molecule has 0 aliphatic carbocycles. The van der Waals surface area contributed by atoms with Gasteiger partial charge in [-0.15, -0.1) is 0 Å². The fourth-order valence-electron chi connectivity index (χ4n) is 2.93. The number of nitrogens with one attached hydrogen (secondary N) is 3. The largest absolute Gasteiger partial charge is 0.396 e. The van der Waals surface area contributed by atoms with Gasteiger partial charge in [0, 0.05) is 18.5 Å². The Labute approximate surface area is 213 Å². The molecule has 6 atom stereocenters. The van der Waals surface area contributed by atoms with Crippen LogP contribution in [0.25, 0.3) is 0 Å². The third kappa shape index (κ3) is 11.0. The zero-order valence-corrected chi connectivity index (χ0v) is 20.6. The van der Waals surface area contributed by atoms with Crippen LogP contribution in [0, 0.1) is 0 Å². The molecule has 0 radical (unpaired) electrons. The number of aliphatic hydroxyl groups excluding tert-OH is 5. The van der Waals surface area contributed by atoms with E-state index in [1.54, 1.807) is 12.1 Å². The molecule has 0 aromatic heterocycles. The summed E-state index contributed by atoms with van der Waals surface area (Å²) >= 11 is 0. The summed E-state index contributed by atoms with van der Waals surface area (Å²) in [4.78, 5) is 52.8. The summed E-state index contributed by atoms with van der Waals surface area (Å²) < 4.78 is 0. The molecule has 0 heterocycles. The van der Waals surface area contributed by atoms with Gasteiger partial charge in [-0.1, -0.05) is 12.1 Å². The molecule has 0 saturated heterocycles. The number of amides is 4. The molecule has 0 aliphatic heterocycles. The number of carbonyl (C=O) groups excluding carboxylic acids is 4. The van der Waals surface area contributed by atoms with E-state index in [0.29, 0.717) is 11.3 Å². The minimum atomic E-state index is -1.63. The number of anilines is 1. The van der Waals surface area contributed by atoms with Gasteiger partial charge < -0.3 is 47.2 Å². The molecule has 206 valence electrons. The summed E-state index contributed by atoms with van der Waals surface area (Å²) in [5.74, 6) is -3.09. The van der Waals surface area contributed by atoms with Crippen LogP contribution in [0.1, 0.15) is 32.3 Å². The monoisotopic (exact) mass is 525 g/mol. The molecule has 14 heteroatoms. The van der Waals surface area contributed by atoms with Crippen molar-refractivity contribution >= 4 is 35.5 Å². The standard InChI is InChI=1S/C23H35N5O9/c1-12(25-10-18(32)20(34)17(31)7-8-29)21(35)26-13(2)22(36)28-16(9-19(24)33)23(37)27-15-5-3-14(11-30)4-6-15/h3-6,10,12-13,16-18,20,29-32,34H,7-9,11H2,1-2H3,(H2,24,33)(H,26,35)(H,27,37)(H,28,36)/t12?,13?,16?,17-,18+,20+/m1/s1. The minimum Gasteiger partial charge on any atom is -0.396 e. The van der Waals surface area contributed by atoms with E-state index in [0.717, 1.165) is 6.21 Å². The highest BCUT2D eigenvalue weighted by Crippen LogP contribution is 2.11. The van der Waals surface area contributed by atoms with Crippen LogP contribution in [0.5, 0.6) is 0 Å². The van der Waals surface area contributed by atoms with Gasteiger partial charge in [0.15, 0.2) is 0 Å². The SMILES string of the molecule is CC(N=C[C@H](O)[C@@H](O)[C@H](O)CCO)C(=O)NC(C)C(=O)NC(CC(N)=O)C(=O)Nc1ccc(CO)cc1. The molecular formula is C23H35N5O9. The molecule has 14 nitrogen and oxygen atoms in total. The quantitative estimate of drug-likeness (QED) is 0.105. The third-order valence-electron chi connectivity index (χ3n) is 5.21. The van der Waals surface area contributed by atoms with Crippen molar-refractivity contribution in [3.63, 3.8) is 0 Å². The predicted molar refractivity (Wildman–Crippen MR) is 132 cm³/mol. The van der Waals surface area contributed by atoms with Crippen molar-refractivity contribution in [3.8, 4) is 0 Å². The fourth-order valence-corrected chi connectivity index (χ4v) is 2.93. The summed E-state index contributed by atoms with van der Waals surface area (Å²) in [6.45, 7) is 2.10. The van der Waals surface area contributed by atoms with Gasteiger partial charge in [0.2, 0.25) is 23.6 Å². The van der Waals surface area contributed by atoms with Crippen LogP contribution in [0.4, 0.5) is 5.69 Å². The smallest absolute Gasteiger partial charge is 0.247 e. The molecule has 0 fully saturated rings. The third-order valence-corrected chi connectivity index (χ3v) is 5.21. The van der Waals surface area contributed by atoms with Crippen LogP contribution in [0.3, 0.4) is 0 Å². The number of hydrogen-bond acceptors (Lipinski definition) is 10. The summed E-state index contributed by atoms with van der Waals surface area (Å²) in [7, 11) is 0. The number of rotatable bonds is 15. The maximum absolute atomic E-state index is 12.6. The van der Waals surface area contributed by atoms with E-state index in [2.05, 4.69) is 20.9 Å². The summed E-state index contributed by atoms with van der Waals surface area (Å²) in [6.07, 6.45) is -4.44. The number of hydrogen-bond donors (Lipinski definition) is 9. The highest BCUT2D eigenvalue weighted by Gasteiger charge is 2.27. The van der Waals surface area contributed by atoms with Crippen LogP contribution in [0.2, 0.25) is 0 Å². The van der Waals surface area contributed by atoms with Gasteiger partial charge in [0.1, 0.15) is 30.3 Å². The molecule has 1 aromatic rings. The van der Waals surface area contributed by atoms with Crippen molar-refractivity contribution in [2.45, 2.75) is 69.7 Å². The van der Waals surface area contributed by atoms with Crippen molar-refractivity contribution in [2.24, 2.45) is 10.7 Å². The maximum Gasteiger partial charge on any atom is 0.247 e. The van der Waals surface area contributed by atoms with Crippen molar-refractivity contribution in [2.75, 3.05) is 11.9 Å². The van der Waals surface area contributed by atoms with Crippen molar-refractivity contribution in [3.05, 3.63) is 29.8 Å². The van der Waals surface area contributed by atoms with E-state index in [9.17, 15) is 34.5 Å². The first-order valence-corrected chi connectivity index (χ1v) is 11.5. The van der Waals surface area contributed by atoms with Crippen LogP contribution in [-0.2, 0) is 25.8 Å². The summed E-state index contributed by atoms with van der Waals surface area (Å²) in [5.41, 5.74) is 6.17. The second kappa shape index (κ2) is 15.6. The Morgan fingerprint density at radius 1 is 0.973 bits per heavy atom. The molecule has 3 unspecified atom stereocenters. The normalized spacial score (nSPS) is 16.2. The zero-order chi connectivity index (χ0) is 28.1. The number of nitrogens with zero attached hydrogens (tertiary/aromatic N) is 1. The van der Waals surface area contributed by atoms with E-state index >= 15 is 0 Å². The van der Waals surface area contributed by atoms with E-state index in [1.165, 1.54) is 26.0 Å². The first kappa shape index (κ1) is 31.6.